The van der Waals surface area contributed by atoms with Gasteiger partial charge in [-0.1, -0.05) is 6.08 Å². The van der Waals surface area contributed by atoms with Crippen LogP contribution in [0, 0.1) is 5.92 Å². The Morgan fingerprint density at radius 1 is 1.30 bits per heavy atom. The third kappa shape index (κ3) is 5.20. The Kier molecular flexibility index (Phi) is 6.01. The van der Waals surface area contributed by atoms with Crippen molar-refractivity contribution in [1.29, 1.82) is 0 Å². The topological polar surface area (TPSA) is 100 Å². The molecule has 1 N–H and O–H groups in total. The number of nitrogens with zero attached hydrogens (tertiary/aromatic N) is 3. The molecule has 0 unspecified atom stereocenters. The van der Waals surface area contributed by atoms with Crippen LogP contribution < -0.4 is 4.74 Å². The van der Waals surface area contributed by atoms with Gasteiger partial charge in [-0.3, -0.25) is 4.98 Å². The molecule has 1 aromatic heterocycles. The number of likely N-dealkylation sites (tertiary alicyclic amines) is 1. The van der Waals surface area contributed by atoms with Crippen molar-refractivity contribution in [2.45, 2.75) is 19.3 Å². The van der Waals surface area contributed by atoms with Gasteiger partial charge in [-0.25, -0.2) is 13.2 Å². The van der Waals surface area contributed by atoms with Crippen LogP contribution in [-0.4, -0.2) is 72.8 Å². The molecule has 3 heterocycles. The minimum absolute atomic E-state index is 0.350. The quantitative estimate of drug-likeness (QED) is 0.817. The van der Waals surface area contributed by atoms with Gasteiger partial charge in [0, 0.05) is 26.2 Å². The van der Waals surface area contributed by atoms with E-state index in [1.807, 2.05) is 18.2 Å². The molecule has 1 aromatic rings. The monoisotopic (exact) mass is 395 g/mol. The van der Waals surface area contributed by atoms with Gasteiger partial charge >= 0.3 is 6.09 Å². The fraction of sp³-hybridized carbons (Fsp3) is 0.556. The van der Waals surface area contributed by atoms with E-state index in [0.29, 0.717) is 50.9 Å². The molecule has 148 valence electrons. The second-order valence-electron chi connectivity index (χ2n) is 7.00. The Balaban J connectivity index is 1.50. The molecule has 27 heavy (non-hydrogen) atoms. The van der Waals surface area contributed by atoms with Gasteiger partial charge in [0.25, 0.3) is 0 Å². The van der Waals surface area contributed by atoms with Crippen LogP contribution in [0.4, 0.5) is 4.79 Å². The van der Waals surface area contributed by atoms with Crippen molar-refractivity contribution < 1.29 is 23.1 Å². The lowest BCUT2D eigenvalue weighted by Crippen LogP contribution is -2.38. The van der Waals surface area contributed by atoms with Gasteiger partial charge in [-0.2, -0.15) is 4.31 Å². The predicted molar refractivity (Wildman–Crippen MR) is 101 cm³/mol. The zero-order chi connectivity index (χ0) is 19.4. The highest BCUT2D eigenvalue weighted by Crippen LogP contribution is 2.24. The van der Waals surface area contributed by atoms with Crippen molar-refractivity contribution in [1.82, 2.24) is 14.2 Å². The molecule has 1 fully saturated rings. The molecule has 0 spiro atoms. The van der Waals surface area contributed by atoms with Crippen LogP contribution in [0.5, 0.6) is 5.75 Å². The summed E-state index contributed by atoms with van der Waals surface area (Å²) in [6, 6.07) is 3.77. The first-order valence-corrected chi connectivity index (χ1v) is 10.9. The van der Waals surface area contributed by atoms with Crippen LogP contribution in [0.15, 0.2) is 24.4 Å². The van der Waals surface area contributed by atoms with Gasteiger partial charge in [0.1, 0.15) is 5.75 Å². The molecular formula is C18H25N3O5S. The number of amides is 1. The lowest BCUT2D eigenvalue weighted by molar-refractivity contribution is 0.111. The summed E-state index contributed by atoms with van der Waals surface area (Å²) in [7, 11) is -3.15. The average Bonchev–Trinajstić information content (AvgIpc) is 2.66. The molecule has 0 aromatic carbocycles. The van der Waals surface area contributed by atoms with E-state index >= 15 is 0 Å². The third-order valence-corrected chi connectivity index (χ3v) is 6.35. The summed E-state index contributed by atoms with van der Waals surface area (Å²) in [4.78, 5) is 16.8. The number of hydrogen-bond donors (Lipinski definition) is 1. The van der Waals surface area contributed by atoms with E-state index in [2.05, 4.69) is 4.98 Å². The van der Waals surface area contributed by atoms with Gasteiger partial charge in [0.05, 0.1) is 24.8 Å². The molecule has 0 saturated carbocycles. The number of pyridine rings is 1. The fourth-order valence-corrected chi connectivity index (χ4v) is 4.11. The van der Waals surface area contributed by atoms with E-state index in [4.69, 9.17) is 9.84 Å². The Bertz CT molecular complexity index is 799. The molecule has 8 nitrogen and oxygen atoms in total. The molecule has 0 radical (unpaired) electrons. The molecule has 2 aliphatic heterocycles. The molecule has 0 atom stereocenters. The number of hydrogen-bond acceptors (Lipinski definition) is 5. The van der Waals surface area contributed by atoms with E-state index in [-0.39, 0.29) is 0 Å². The summed E-state index contributed by atoms with van der Waals surface area (Å²) >= 11 is 0. The maximum atomic E-state index is 11.6. The average molecular weight is 395 g/mol. The minimum Gasteiger partial charge on any atom is -0.492 e. The number of carbonyl (C=O) groups is 1. The Hall–Kier alpha value is -2.13. The summed E-state index contributed by atoms with van der Waals surface area (Å²) < 4.78 is 30.4. The first-order chi connectivity index (χ1) is 12.8. The molecule has 2 aliphatic rings. The summed E-state index contributed by atoms with van der Waals surface area (Å²) in [6.45, 7) is 2.52. The first-order valence-electron chi connectivity index (χ1n) is 9.04. The van der Waals surface area contributed by atoms with E-state index in [9.17, 15) is 13.2 Å². The fourth-order valence-electron chi connectivity index (χ4n) is 3.34. The summed E-state index contributed by atoms with van der Waals surface area (Å²) in [5.41, 5.74) is 1.88. The number of carboxylic acid groups (broad SMARTS) is 1. The molecule has 1 amide bonds. The first kappa shape index (κ1) is 19.6. The highest BCUT2D eigenvalue weighted by atomic mass is 32.2. The third-order valence-electron chi connectivity index (χ3n) is 5.08. The van der Waals surface area contributed by atoms with E-state index in [1.54, 1.807) is 6.20 Å². The van der Waals surface area contributed by atoms with Gasteiger partial charge < -0.3 is 14.7 Å². The highest BCUT2D eigenvalue weighted by Gasteiger charge is 2.23. The van der Waals surface area contributed by atoms with Gasteiger partial charge in [0.2, 0.25) is 10.0 Å². The van der Waals surface area contributed by atoms with Crippen LogP contribution in [0.2, 0.25) is 0 Å². The normalized spacial score (nSPS) is 19.6. The molecule has 9 heteroatoms. The van der Waals surface area contributed by atoms with Crippen molar-refractivity contribution in [2.75, 3.05) is 39.0 Å². The van der Waals surface area contributed by atoms with Crippen LogP contribution in [-0.2, 0) is 10.0 Å². The van der Waals surface area contributed by atoms with Crippen molar-refractivity contribution >= 4 is 21.7 Å². The smallest absolute Gasteiger partial charge is 0.407 e. The van der Waals surface area contributed by atoms with E-state index in [1.165, 1.54) is 15.5 Å². The standard InChI is InChI=1S/C18H25N3O5S/c1-27(24,25)21-10-6-15(7-11-21)17-3-2-16(12-19-17)26-13-14-4-8-20(9-5-14)18(22)23/h2-3,6,12,14H,4-5,7-11,13H2,1H3,(H,22,23). The van der Waals surface area contributed by atoms with Gasteiger partial charge in [0.15, 0.2) is 0 Å². The van der Waals surface area contributed by atoms with Crippen LogP contribution in [0.1, 0.15) is 25.0 Å². The Morgan fingerprint density at radius 3 is 2.56 bits per heavy atom. The van der Waals surface area contributed by atoms with Crippen molar-refractivity contribution in [2.24, 2.45) is 5.92 Å². The Morgan fingerprint density at radius 2 is 2.04 bits per heavy atom. The summed E-state index contributed by atoms with van der Waals surface area (Å²) in [6.07, 6.45) is 6.22. The Labute approximate surface area is 159 Å². The lowest BCUT2D eigenvalue weighted by atomic mass is 9.98. The highest BCUT2D eigenvalue weighted by molar-refractivity contribution is 7.88. The number of ether oxygens (including phenoxy) is 1. The van der Waals surface area contributed by atoms with Gasteiger partial charge in [-0.05, 0) is 42.9 Å². The number of rotatable bonds is 5. The zero-order valence-corrected chi connectivity index (χ0v) is 16.2. The molecule has 3 rings (SSSR count). The second-order valence-corrected chi connectivity index (χ2v) is 8.99. The van der Waals surface area contributed by atoms with Gasteiger partial charge in [-0.15, -0.1) is 0 Å². The maximum absolute atomic E-state index is 11.6. The molecule has 0 bridgehead atoms. The van der Waals surface area contributed by atoms with Crippen LogP contribution in [0.25, 0.3) is 5.57 Å². The van der Waals surface area contributed by atoms with Crippen molar-refractivity contribution in [3.8, 4) is 5.75 Å². The largest absolute Gasteiger partial charge is 0.492 e. The number of piperidine rings is 1. The number of sulfonamides is 1. The molecule has 1 saturated heterocycles. The summed E-state index contributed by atoms with van der Waals surface area (Å²) in [5, 5.41) is 8.97. The number of aromatic nitrogens is 1. The van der Waals surface area contributed by atoms with Crippen molar-refractivity contribution in [3.05, 3.63) is 30.1 Å². The van der Waals surface area contributed by atoms with E-state index < -0.39 is 16.1 Å². The minimum atomic E-state index is -3.15. The predicted octanol–water partition coefficient (Wildman–Crippen LogP) is 1.90. The maximum Gasteiger partial charge on any atom is 0.407 e. The van der Waals surface area contributed by atoms with Crippen molar-refractivity contribution in [3.63, 3.8) is 0 Å². The van der Waals surface area contributed by atoms with Crippen LogP contribution in [0.3, 0.4) is 0 Å². The van der Waals surface area contributed by atoms with Crippen LogP contribution >= 0.6 is 0 Å². The molecule has 0 aliphatic carbocycles. The SMILES string of the molecule is CS(=O)(=O)N1CC=C(c2ccc(OCC3CCN(C(=O)O)CC3)cn2)CC1. The molecular weight excluding hydrogens is 370 g/mol. The zero-order valence-electron chi connectivity index (χ0n) is 15.4. The second kappa shape index (κ2) is 8.26. The van der Waals surface area contributed by atoms with E-state index in [0.717, 1.165) is 24.1 Å². The summed E-state index contributed by atoms with van der Waals surface area (Å²) in [5.74, 6) is 1.04. The lowest BCUT2D eigenvalue weighted by Gasteiger charge is -2.29.